The predicted octanol–water partition coefficient (Wildman–Crippen LogP) is 2.06. The molecule has 0 aromatic carbocycles. The Morgan fingerprint density at radius 3 is 2.87 bits per heavy atom. The van der Waals surface area contributed by atoms with Gasteiger partial charge in [-0.15, -0.1) is 0 Å². The molecule has 7 heteroatoms. The zero-order valence-electron chi connectivity index (χ0n) is 7.85. The molecule has 78 valence electrons. The Morgan fingerprint density at radius 2 is 2.13 bits per heavy atom. The van der Waals surface area contributed by atoms with E-state index in [1.807, 2.05) is 6.92 Å². The van der Waals surface area contributed by atoms with Gasteiger partial charge in [0.25, 0.3) is 0 Å². The number of aromatic nitrogens is 5. The van der Waals surface area contributed by atoms with Crippen molar-refractivity contribution in [1.29, 1.82) is 0 Å². The van der Waals surface area contributed by atoms with Crippen LogP contribution >= 0.6 is 23.2 Å². The van der Waals surface area contributed by atoms with E-state index in [4.69, 9.17) is 23.2 Å². The van der Waals surface area contributed by atoms with Gasteiger partial charge in [0.15, 0.2) is 5.82 Å². The Balaban J connectivity index is 2.58. The van der Waals surface area contributed by atoms with Crippen LogP contribution in [0.4, 0.5) is 0 Å². The van der Waals surface area contributed by atoms with Gasteiger partial charge in [0, 0.05) is 6.54 Å². The Morgan fingerprint density at radius 1 is 1.33 bits per heavy atom. The van der Waals surface area contributed by atoms with Gasteiger partial charge in [-0.2, -0.15) is 5.10 Å². The first-order valence-corrected chi connectivity index (χ1v) is 5.04. The number of nitrogens with zero attached hydrogens (tertiary/aromatic N) is 5. The van der Waals surface area contributed by atoms with Crippen molar-refractivity contribution < 1.29 is 0 Å². The third-order valence-electron chi connectivity index (χ3n) is 1.84. The summed E-state index contributed by atoms with van der Waals surface area (Å²) in [6, 6.07) is 0. The van der Waals surface area contributed by atoms with Gasteiger partial charge in [-0.1, -0.05) is 11.6 Å². The summed E-state index contributed by atoms with van der Waals surface area (Å²) in [5.74, 6) is 0.590. The molecule has 0 amide bonds. The summed E-state index contributed by atoms with van der Waals surface area (Å²) < 4.78 is 1.69. The van der Waals surface area contributed by atoms with E-state index in [0.717, 1.165) is 0 Å². The highest BCUT2D eigenvalue weighted by atomic mass is 35.5. The summed E-state index contributed by atoms with van der Waals surface area (Å²) in [5, 5.41) is 4.57. The Kier molecular flexibility index (Phi) is 2.83. The molecular weight excluding hydrogens is 237 g/mol. The number of aryl methyl sites for hydroxylation is 1. The number of hydrogen-bond acceptors (Lipinski definition) is 4. The Bertz CT molecular complexity index is 482. The van der Waals surface area contributed by atoms with Crippen molar-refractivity contribution >= 4 is 23.2 Å². The predicted molar refractivity (Wildman–Crippen MR) is 56.7 cm³/mol. The minimum Gasteiger partial charge on any atom is -0.245 e. The minimum absolute atomic E-state index is 0.139. The van der Waals surface area contributed by atoms with Crippen LogP contribution in [0.5, 0.6) is 0 Å². The zero-order chi connectivity index (χ0) is 10.8. The maximum Gasteiger partial charge on any atom is 0.223 e. The fourth-order valence-corrected chi connectivity index (χ4v) is 1.49. The van der Waals surface area contributed by atoms with Crippen LogP contribution in [0.15, 0.2) is 12.5 Å². The van der Waals surface area contributed by atoms with Gasteiger partial charge >= 0.3 is 0 Å². The molecule has 0 atom stereocenters. The first-order chi connectivity index (χ1) is 7.22. The van der Waals surface area contributed by atoms with Crippen LogP contribution in [-0.4, -0.2) is 24.7 Å². The van der Waals surface area contributed by atoms with Crippen molar-refractivity contribution in [1.82, 2.24) is 24.7 Å². The second-order valence-corrected chi connectivity index (χ2v) is 3.48. The van der Waals surface area contributed by atoms with Crippen molar-refractivity contribution in [2.24, 2.45) is 0 Å². The molecular formula is C8H7Cl2N5. The Hall–Kier alpha value is -1.20. The number of halogens is 2. The van der Waals surface area contributed by atoms with E-state index >= 15 is 0 Å². The first-order valence-electron chi connectivity index (χ1n) is 4.28. The third kappa shape index (κ3) is 1.93. The van der Waals surface area contributed by atoms with E-state index in [2.05, 4.69) is 20.1 Å². The Labute approximate surface area is 96.1 Å². The molecule has 0 aliphatic carbocycles. The third-order valence-corrected chi connectivity index (χ3v) is 2.30. The first kappa shape index (κ1) is 10.3. The summed E-state index contributed by atoms with van der Waals surface area (Å²) in [6.45, 7) is 2.64. The van der Waals surface area contributed by atoms with E-state index in [1.54, 1.807) is 4.68 Å². The van der Waals surface area contributed by atoms with Gasteiger partial charge in [-0.3, -0.25) is 0 Å². The van der Waals surface area contributed by atoms with Crippen molar-refractivity contribution in [2.45, 2.75) is 13.5 Å². The van der Waals surface area contributed by atoms with Gasteiger partial charge in [0.05, 0.1) is 11.2 Å². The standard InChI is InChI=1S/C8H7Cl2N5/c1-2-15-7(12-4-13-15)6-5(9)3-11-8(10)14-6/h3-4H,2H2,1H3. The quantitative estimate of drug-likeness (QED) is 0.758. The fraction of sp³-hybridized carbons (Fsp3) is 0.250. The molecule has 0 N–H and O–H groups in total. The van der Waals surface area contributed by atoms with Gasteiger partial charge in [0.1, 0.15) is 12.0 Å². The van der Waals surface area contributed by atoms with Crippen LogP contribution in [0.1, 0.15) is 6.92 Å². The van der Waals surface area contributed by atoms with Gasteiger partial charge in [-0.25, -0.2) is 19.6 Å². The zero-order valence-corrected chi connectivity index (χ0v) is 9.37. The van der Waals surface area contributed by atoms with Crippen LogP contribution < -0.4 is 0 Å². The van der Waals surface area contributed by atoms with E-state index < -0.39 is 0 Å². The molecule has 2 rings (SSSR count). The van der Waals surface area contributed by atoms with Crippen molar-refractivity contribution in [2.75, 3.05) is 0 Å². The van der Waals surface area contributed by atoms with E-state index in [9.17, 15) is 0 Å². The lowest BCUT2D eigenvalue weighted by Crippen LogP contribution is -2.01. The molecule has 0 saturated heterocycles. The van der Waals surface area contributed by atoms with Crippen molar-refractivity contribution in [3.8, 4) is 11.5 Å². The summed E-state index contributed by atoms with van der Waals surface area (Å²) in [7, 11) is 0. The molecule has 0 aliphatic heterocycles. The number of rotatable bonds is 2. The SMILES string of the molecule is CCn1ncnc1-c1nc(Cl)ncc1Cl. The molecule has 0 spiro atoms. The average molecular weight is 244 g/mol. The van der Waals surface area contributed by atoms with Crippen LogP contribution in [0.25, 0.3) is 11.5 Å². The van der Waals surface area contributed by atoms with Gasteiger partial charge < -0.3 is 0 Å². The largest absolute Gasteiger partial charge is 0.245 e. The molecule has 2 aromatic rings. The summed E-state index contributed by atoms with van der Waals surface area (Å²) in [5.41, 5.74) is 0.496. The minimum atomic E-state index is 0.139. The maximum absolute atomic E-state index is 5.95. The lowest BCUT2D eigenvalue weighted by atomic mass is 10.4. The lowest BCUT2D eigenvalue weighted by Gasteiger charge is -2.03. The van der Waals surface area contributed by atoms with Crippen molar-refractivity contribution in [3.05, 3.63) is 22.8 Å². The maximum atomic E-state index is 5.95. The molecule has 0 aliphatic rings. The van der Waals surface area contributed by atoms with Gasteiger partial charge in [-0.05, 0) is 18.5 Å². The van der Waals surface area contributed by atoms with E-state index in [0.29, 0.717) is 23.1 Å². The normalized spacial score (nSPS) is 10.6. The molecule has 0 fully saturated rings. The molecule has 2 heterocycles. The highest BCUT2D eigenvalue weighted by Gasteiger charge is 2.12. The highest BCUT2D eigenvalue weighted by Crippen LogP contribution is 2.23. The lowest BCUT2D eigenvalue weighted by molar-refractivity contribution is 0.664. The molecule has 0 saturated carbocycles. The summed E-state index contributed by atoms with van der Waals surface area (Å²) in [4.78, 5) is 11.9. The van der Waals surface area contributed by atoms with Gasteiger partial charge in [0.2, 0.25) is 5.28 Å². The summed E-state index contributed by atoms with van der Waals surface area (Å²) >= 11 is 11.6. The second kappa shape index (κ2) is 4.12. The van der Waals surface area contributed by atoms with Crippen LogP contribution in [0, 0.1) is 0 Å². The van der Waals surface area contributed by atoms with Crippen LogP contribution in [-0.2, 0) is 6.54 Å². The summed E-state index contributed by atoms with van der Waals surface area (Å²) in [6.07, 6.45) is 2.89. The second-order valence-electron chi connectivity index (χ2n) is 2.73. The molecule has 5 nitrogen and oxygen atoms in total. The molecule has 0 radical (unpaired) electrons. The molecule has 0 bridgehead atoms. The van der Waals surface area contributed by atoms with Crippen molar-refractivity contribution in [3.63, 3.8) is 0 Å². The smallest absolute Gasteiger partial charge is 0.223 e. The monoisotopic (exact) mass is 243 g/mol. The topological polar surface area (TPSA) is 56.5 Å². The number of hydrogen-bond donors (Lipinski definition) is 0. The fourth-order valence-electron chi connectivity index (χ4n) is 1.18. The molecule has 0 unspecified atom stereocenters. The van der Waals surface area contributed by atoms with Crippen LogP contribution in [0.3, 0.4) is 0 Å². The molecule has 2 aromatic heterocycles. The van der Waals surface area contributed by atoms with E-state index in [1.165, 1.54) is 12.5 Å². The highest BCUT2D eigenvalue weighted by molar-refractivity contribution is 6.33. The van der Waals surface area contributed by atoms with E-state index in [-0.39, 0.29) is 5.28 Å². The van der Waals surface area contributed by atoms with Crippen LogP contribution in [0.2, 0.25) is 10.3 Å². The molecule has 15 heavy (non-hydrogen) atoms. The average Bonchev–Trinajstić information content (AvgIpc) is 2.69.